The second-order valence-electron chi connectivity index (χ2n) is 6.16. The van der Waals surface area contributed by atoms with E-state index in [4.69, 9.17) is 16.7 Å². The molecule has 4 rings (SSSR count). The Balaban J connectivity index is 1.56. The van der Waals surface area contributed by atoms with Crippen molar-refractivity contribution in [2.45, 2.75) is 18.9 Å². The van der Waals surface area contributed by atoms with Crippen LogP contribution in [0.1, 0.15) is 12.8 Å². The van der Waals surface area contributed by atoms with Crippen molar-refractivity contribution in [3.63, 3.8) is 0 Å². The second-order valence-corrected chi connectivity index (χ2v) is 6.56. The topological polar surface area (TPSA) is 96.2 Å². The summed E-state index contributed by atoms with van der Waals surface area (Å²) in [5, 5.41) is 12.7. The molecule has 1 fully saturated rings. The molecule has 3 aromatic rings. The maximum atomic E-state index is 11.0. The molecule has 0 saturated carbocycles. The van der Waals surface area contributed by atoms with Crippen molar-refractivity contribution in [1.82, 2.24) is 24.4 Å². The normalized spacial score (nSPS) is 15.3. The van der Waals surface area contributed by atoms with Crippen LogP contribution in [0.2, 0.25) is 5.02 Å². The van der Waals surface area contributed by atoms with Crippen LogP contribution in [-0.2, 0) is 0 Å². The Labute approximate surface area is 154 Å². The van der Waals surface area contributed by atoms with Crippen molar-refractivity contribution in [2.24, 2.45) is 0 Å². The van der Waals surface area contributed by atoms with Gasteiger partial charge in [0.1, 0.15) is 11.3 Å². The van der Waals surface area contributed by atoms with Crippen LogP contribution in [0, 0.1) is 0 Å². The second kappa shape index (κ2) is 6.80. The van der Waals surface area contributed by atoms with Gasteiger partial charge in [0.15, 0.2) is 5.82 Å². The van der Waals surface area contributed by atoms with Gasteiger partial charge in [0.25, 0.3) is 0 Å². The fourth-order valence-corrected chi connectivity index (χ4v) is 3.30. The third-order valence-electron chi connectivity index (χ3n) is 4.51. The number of hydrogen-bond acceptors (Lipinski definition) is 5. The van der Waals surface area contributed by atoms with Gasteiger partial charge in [-0.25, -0.2) is 14.8 Å². The van der Waals surface area contributed by atoms with Crippen molar-refractivity contribution < 1.29 is 9.90 Å². The average molecular weight is 373 g/mol. The minimum Gasteiger partial charge on any atom is -0.465 e. The number of likely N-dealkylation sites (tertiary alicyclic amines) is 1. The van der Waals surface area contributed by atoms with Gasteiger partial charge in [-0.2, -0.15) is 4.98 Å². The third kappa shape index (κ3) is 3.15. The highest BCUT2D eigenvalue weighted by atomic mass is 35.5. The van der Waals surface area contributed by atoms with E-state index in [1.165, 1.54) is 4.90 Å². The number of carbonyl (C=O) groups is 1. The molecule has 0 radical (unpaired) electrons. The number of rotatable bonds is 3. The van der Waals surface area contributed by atoms with Gasteiger partial charge in [-0.05, 0) is 25.0 Å². The number of halogens is 1. The highest BCUT2D eigenvalue weighted by Crippen LogP contribution is 2.24. The quantitative estimate of drug-likeness (QED) is 0.733. The maximum absolute atomic E-state index is 11.0. The van der Waals surface area contributed by atoms with Crippen LogP contribution in [-0.4, -0.2) is 54.8 Å². The molecule has 1 amide bonds. The molecule has 3 heterocycles. The molecule has 0 unspecified atom stereocenters. The maximum Gasteiger partial charge on any atom is 0.407 e. The van der Waals surface area contributed by atoms with E-state index < -0.39 is 6.09 Å². The molecule has 0 bridgehead atoms. The number of piperidine rings is 1. The lowest BCUT2D eigenvalue weighted by Gasteiger charge is -2.30. The summed E-state index contributed by atoms with van der Waals surface area (Å²) >= 11 is 6.31. The highest BCUT2D eigenvalue weighted by Gasteiger charge is 2.23. The van der Waals surface area contributed by atoms with Gasteiger partial charge in [-0.1, -0.05) is 23.7 Å². The number of fused-ring (bicyclic) bond motifs is 1. The monoisotopic (exact) mass is 372 g/mol. The van der Waals surface area contributed by atoms with Crippen molar-refractivity contribution in [3.05, 3.63) is 41.8 Å². The summed E-state index contributed by atoms with van der Waals surface area (Å²) in [4.78, 5) is 25.6. The third-order valence-corrected chi connectivity index (χ3v) is 4.77. The Morgan fingerprint density at radius 3 is 2.77 bits per heavy atom. The van der Waals surface area contributed by atoms with E-state index in [1.54, 1.807) is 12.5 Å². The summed E-state index contributed by atoms with van der Waals surface area (Å²) < 4.78 is 1.83. The summed E-state index contributed by atoms with van der Waals surface area (Å²) in [6, 6.07) is 7.87. The van der Waals surface area contributed by atoms with Crippen LogP contribution in [0.5, 0.6) is 0 Å². The van der Waals surface area contributed by atoms with Crippen molar-refractivity contribution in [2.75, 3.05) is 18.4 Å². The SMILES string of the molecule is O=C(O)N1CCC(Nc2ncc(Cl)c(-n3cnc4ccccc43)n2)CC1. The summed E-state index contributed by atoms with van der Waals surface area (Å²) in [7, 11) is 0. The number of hydrogen-bond donors (Lipinski definition) is 2. The van der Waals surface area contributed by atoms with E-state index in [9.17, 15) is 4.79 Å². The molecular formula is C17H17ClN6O2. The fourth-order valence-electron chi connectivity index (χ4n) is 3.12. The number of para-hydroxylation sites is 2. The zero-order chi connectivity index (χ0) is 18.1. The molecule has 1 aliphatic rings. The Hall–Kier alpha value is -2.87. The molecular weight excluding hydrogens is 356 g/mol. The zero-order valence-corrected chi connectivity index (χ0v) is 14.6. The molecule has 8 nitrogen and oxygen atoms in total. The van der Waals surface area contributed by atoms with Crippen molar-refractivity contribution >= 4 is 34.7 Å². The summed E-state index contributed by atoms with van der Waals surface area (Å²) in [5.41, 5.74) is 1.77. The molecule has 2 N–H and O–H groups in total. The lowest BCUT2D eigenvalue weighted by atomic mass is 10.1. The molecule has 0 atom stereocenters. The number of imidazole rings is 1. The number of aromatic nitrogens is 4. The first kappa shape index (κ1) is 16.6. The van der Waals surface area contributed by atoms with Crippen LogP contribution in [0.3, 0.4) is 0 Å². The molecule has 1 aliphatic heterocycles. The van der Waals surface area contributed by atoms with E-state index >= 15 is 0 Å². The molecule has 26 heavy (non-hydrogen) atoms. The molecule has 0 aliphatic carbocycles. The number of amides is 1. The smallest absolute Gasteiger partial charge is 0.407 e. The van der Waals surface area contributed by atoms with Crippen LogP contribution in [0.25, 0.3) is 16.9 Å². The standard InChI is InChI=1S/C17H17ClN6O2/c18-12-9-19-16(21-11-5-7-23(8-6-11)17(25)26)22-15(12)24-10-20-13-3-1-2-4-14(13)24/h1-4,9-11H,5-8H2,(H,25,26)(H,19,21,22). The number of benzene rings is 1. The molecule has 1 aromatic carbocycles. The first-order valence-corrected chi connectivity index (χ1v) is 8.69. The van der Waals surface area contributed by atoms with E-state index in [2.05, 4.69) is 20.3 Å². The number of anilines is 1. The predicted molar refractivity (Wildman–Crippen MR) is 97.9 cm³/mol. The van der Waals surface area contributed by atoms with Crippen LogP contribution < -0.4 is 5.32 Å². The van der Waals surface area contributed by atoms with Gasteiger partial charge in [-0.15, -0.1) is 0 Å². The molecule has 2 aromatic heterocycles. The van der Waals surface area contributed by atoms with Gasteiger partial charge < -0.3 is 15.3 Å². The van der Waals surface area contributed by atoms with E-state index in [0.29, 0.717) is 42.7 Å². The molecule has 0 spiro atoms. The van der Waals surface area contributed by atoms with Gasteiger partial charge in [0, 0.05) is 19.1 Å². The fraction of sp³-hybridized carbons (Fsp3) is 0.294. The predicted octanol–water partition coefficient (Wildman–Crippen LogP) is 3.02. The minimum absolute atomic E-state index is 0.124. The van der Waals surface area contributed by atoms with Crippen molar-refractivity contribution in [1.29, 1.82) is 0 Å². The van der Waals surface area contributed by atoms with E-state index in [1.807, 2.05) is 28.8 Å². The zero-order valence-electron chi connectivity index (χ0n) is 13.8. The Morgan fingerprint density at radius 1 is 1.23 bits per heavy atom. The van der Waals surface area contributed by atoms with Gasteiger partial charge in [0.2, 0.25) is 5.95 Å². The van der Waals surface area contributed by atoms with Crippen molar-refractivity contribution in [3.8, 4) is 5.82 Å². The van der Waals surface area contributed by atoms with Gasteiger partial charge >= 0.3 is 6.09 Å². The largest absolute Gasteiger partial charge is 0.465 e. The lowest BCUT2D eigenvalue weighted by Crippen LogP contribution is -2.41. The Morgan fingerprint density at radius 2 is 2.00 bits per heavy atom. The first-order chi connectivity index (χ1) is 12.6. The number of carboxylic acid groups (broad SMARTS) is 1. The lowest BCUT2D eigenvalue weighted by molar-refractivity contribution is 0.133. The Kier molecular flexibility index (Phi) is 4.34. The first-order valence-electron chi connectivity index (χ1n) is 8.31. The van der Waals surface area contributed by atoms with Gasteiger partial charge in [-0.3, -0.25) is 4.57 Å². The molecule has 9 heteroatoms. The number of nitrogens with one attached hydrogen (secondary N) is 1. The Bertz CT molecular complexity index is 951. The minimum atomic E-state index is -0.875. The summed E-state index contributed by atoms with van der Waals surface area (Å²) in [6.45, 7) is 0.999. The summed E-state index contributed by atoms with van der Waals surface area (Å²) in [6.07, 6.45) is 3.80. The average Bonchev–Trinajstić information content (AvgIpc) is 3.08. The highest BCUT2D eigenvalue weighted by molar-refractivity contribution is 6.32. The molecule has 134 valence electrons. The number of nitrogens with zero attached hydrogens (tertiary/aromatic N) is 5. The van der Waals surface area contributed by atoms with E-state index in [0.717, 1.165) is 11.0 Å². The van der Waals surface area contributed by atoms with Crippen LogP contribution in [0.4, 0.5) is 10.7 Å². The van der Waals surface area contributed by atoms with Crippen LogP contribution >= 0.6 is 11.6 Å². The van der Waals surface area contributed by atoms with Gasteiger partial charge in [0.05, 0.1) is 17.2 Å². The van der Waals surface area contributed by atoms with E-state index in [-0.39, 0.29) is 6.04 Å². The summed E-state index contributed by atoms with van der Waals surface area (Å²) in [5.74, 6) is 1.02. The molecule has 1 saturated heterocycles. The van der Waals surface area contributed by atoms with Crippen LogP contribution in [0.15, 0.2) is 36.8 Å².